The summed E-state index contributed by atoms with van der Waals surface area (Å²) in [5.74, 6) is -0.706. The average molecular weight is 190 g/mol. The molecule has 0 saturated heterocycles. The first-order valence-electron chi connectivity index (χ1n) is 3.47. The summed E-state index contributed by atoms with van der Waals surface area (Å²) in [5.41, 5.74) is 4.41. The Hall–Kier alpha value is -1.53. The van der Waals surface area contributed by atoms with Crippen LogP contribution in [0.15, 0.2) is 0 Å². The second-order valence-corrected chi connectivity index (χ2v) is 2.49. The maximum absolute atomic E-state index is 12.3. The first-order chi connectivity index (χ1) is 6.02. The van der Waals surface area contributed by atoms with Gasteiger partial charge in [0.25, 0.3) is 6.43 Å². The van der Waals surface area contributed by atoms with Gasteiger partial charge >= 0.3 is 0 Å². The van der Waals surface area contributed by atoms with Crippen LogP contribution in [0.25, 0.3) is 0 Å². The average Bonchev–Trinajstić information content (AvgIpc) is 2.30. The molecular weight excluding hydrogens is 182 g/mol. The number of amides is 1. The lowest BCUT2D eigenvalue weighted by atomic mass is 10.2. The van der Waals surface area contributed by atoms with Gasteiger partial charge in [-0.15, -0.1) is 5.10 Å². The predicted octanol–water partition coefficient (Wildman–Crippen LogP) is -0.219. The molecule has 0 aliphatic carbocycles. The fraction of sp³-hybridized carbons (Fsp3) is 0.500. The molecule has 0 atom stereocenters. The first kappa shape index (κ1) is 9.56. The standard InChI is InChI=1S/C6H8F2N4O/c1-12-5(6(7)8)3(10-11-12)2-4(9)13/h6H,2H2,1H3,(H2,9,13). The number of nitrogens with two attached hydrogens (primary N) is 1. The van der Waals surface area contributed by atoms with Crippen molar-refractivity contribution in [3.05, 3.63) is 11.4 Å². The highest BCUT2D eigenvalue weighted by Gasteiger charge is 2.20. The number of hydrogen-bond acceptors (Lipinski definition) is 3. The Labute approximate surface area is 72.5 Å². The molecule has 1 heterocycles. The predicted molar refractivity (Wildman–Crippen MR) is 38.9 cm³/mol. The van der Waals surface area contributed by atoms with Crippen molar-refractivity contribution < 1.29 is 13.6 Å². The molecular formula is C6H8F2N4O. The number of carbonyl (C=O) groups is 1. The minimum atomic E-state index is -2.70. The number of halogens is 2. The van der Waals surface area contributed by atoms with Gasteiger partial charge in [-0.2, -0.15) is 0 Å². The summed E-state index contributed by atoms with van der Waals surface area (Å²) in [4.78, 5) is 10.5. The molecule has 13 heavy (non-hydrogen) atoms. The Morgan fingerprint density at radius 3 is 2.77 bits per heavy atom. The summed E-state index contributed by atoms with van der Waals surface area (Å²) >= 11 is 0. The van der Waals surface area contributed by atoms with Crippen molar-refractivity contribution in [3.8, 4) is 0 Å². The molecule has 0 aromatic carbocycles. The van der Waals surface area contributed by atoms with Crippen LogP contribution in [0.3, 0.4) is 0 Å². The van der Waals surface area contributed by atoms with Gasteiger partial charge in [0.05, 0.1) is 6.42 Å². The normalized spacial score (nSPS) is 10.8. The van der Waals surface area contributed by atoms with Gasteiger partial charge in [-0.25, -0.2) is 13.5 Å². The van der Waals surface area contributed by atoms with Gasteiger partial charge in [0.15, 0.2) is 0 Å². The monoisotopic (exact) mass is 190 g/mol. The second-order valence-electron chi connectivity index (χ2n) is 2.49. The molecule has 0 fully saturated rings. The molecule has 0 saturated carbocycles. The largest absolute Gasteiger partial charge is 0.369 e. The van der Waals surface area contributed by atoms with E-state index in [0.717, 1.165) is 4.68 Å². The van der Waals surface area contributed by atoms with E-state index in [9.17, 15) is 13.6 Å². The lowest BCUT2D eigenvalue weighted by Gasteiger charge is -2.00. The number of alkyl halides is 2. The quantitative estimate of drug-likeness (QED) is 0.716. The van der Waals surface area contributed by atoms with Crippen LogP contribution >= 0.6 is 0 Å². The molecule has 2 N–H and O–H groups in total. The maximum Gasteiger partial charge on any atom is 0.281 e. The molecule has 0 aliphatic rings. The van der Waals surface area contributed by atoms with E-state index < -0.39 is 12.3 Å². The third-order valence-electron chi connectivity index (χ3n) is 1.49. The summed E-state index contributed by atoms with van der Waals surface area (Å²) in [6.45, 7) is 0. The van der Waals surface area contributed by atoms with E-state index >= 15 is 0 Å². The van der Waals surface area contributed by atoms with E-state index in [1.807, 2.05) is 0 Å². The van der Waals surface area contributed by atoms with E-state index in [1.165, 1.54) is 7.05 Å². The van der Waals surface area contributed by atoms with Crippen LogP contribution in [0.2, 0.25) is 0 Å². The number of rotatable bonds is 3. The van der Waals surface area contributed by atoms with Crippen molar-refractivity contribution in [1.29, 1.82) is 0 Å². The number of carbonyl (C=O) groups excluding carboxylic acids is 1. The summed E-state index contributed by atoms with van der Waals surface area (Å²) in [6, 6.07) is 0. The molecule has 7 heteroatoms. The van der Waals surface area contributed by atoms with Crippen LogP contribution in [0.1, 0.15) is 17.8 Å². The van der Waals surface area contributed by atoms with Crippen molar-refractivity contribution in [1.82, 2.24) is 15.0 Å². The number of nitrogens with zero attached hydrogens (tertiary/aromatic N) is 3. The molecule has 0 spiro atoms. The molecule has 72 valence electrons. The Bertz CT molecular complexity index is 322. The number of primary amides is 1. The van der Waals surface area contributed by atoms with E-state index in [-0.39, 0.29) is 17.8 Å². The third kappa shape index (κ3) is 1.98. The van der Waals surface area contributed by atoms with E-state index in [1.54, 1.807) is 0 Å². The van der Waals surface area contributed by atoms with E-state index in [0.29, 0.717) is 0 Å². The van der Waals surface area contributed by atoms with Crippen LogP contribution in [0.5, 0.6) is 0 Å². The minimum Gasteiger partial charge on any atom is -0.369 e. The second kappa shape index (κ2) is 3.46. The van der Waals surface area contributed by atoms with Gasteiger partial charge in [0.2, 0.25) is 5.91 Å². The molecule has 1 amide bonds. The zero-order valence-corrected chi connectivity index (χ0v) is 6.87. The molecule has 1 aromatic heterocycles. The third-order valence-corrected chi connectivity index (χ3v) is 1.49. The highest BCUT2D eigenvalue weighted by molar-refractivity contribution is 5.76. The van der Waals surface area contributed by atoms with Crippen LogP contribution in [0, 0.1) is 0 Å². The lowest BCUT2D eigenvalue weighted by Crippen LogP contribution is -2.15. The molecule has 1 rings (SSSR count). The molecule has 0 unspecified atom stereocenters. The molecule has 0 aliphatic heterocycles. The Balaban J connectivity index is 3.00. The van der Waals surface area contributed by atoms with Gasteiger partial charge in [-0.1, -0.05) is 5.21 Å². The highest BCUT2D eigenvalue weighted by Crippen LogP contribution is 2.20. The smallest absolute Gasteiger partial charge is 0.281 e. The topological polar surface area (TPSA) is 73.8 Å². The van der Waals surface area contributed by atoms with Gasteiger partial charge in [0.1, 0.15) is 11.4 Å². The zero-order valence-electron chi connectivity index (χ0n) is 6.87. The summed E-state index contributed by atoms with van der Waals surface area (Å²) in [6.07, 6.45) is -3.01. The fourth-order valence-corrected chi connectivity index (χ4v) is 0.965. The fourth-order valence-electron chi connectivity index (χ4n) is 0.965. The van der Waals surface area contributed by atoms with Gasteiger partial charge in [-0.3, -0.25) is 4.79 Å². The highest BCUT2D eigenvalue weighted by atomic mass is 19.3. The van der Waals surface area contributed by atoms with E-state index in [4.69, 9.17) is 5.73 Å². The summed E-state index contributed by atoms with van der Waals surface area (Å²) < 4.78 is 25.6. The molecule has 0 radical (unpaired) electrons. The van der Waals surface area contributed by atoms with Crippen LogP contribution in [-0.2, 0) is 18.3 Å². The number of aromatic nitrogens is 3. The lowest BCUT2D eigenvalue weighted by molar-refractivity contribution is -0.117. The van der Waals surface area contributed by atoms with Gasteiger partial charge in [-0.05, 0) is 0 Å². The Kier molecular flexibility index (Phi) is 2.54. The first-order valence-corrected chi connectivity index (χ1v) is 3.47. The minimum absolute atomic E-state index is 0.0648. The van der Waals surface area contributed by atoms with Crippen LogP contribution in [-0.4, -0.2) is 20.9 Å². The maximum atomic E-state index is 12.3. The SMILES string of the molecule is Cn1nnc(CC(N)=O)c1C(F)F. The number of aryl methyl sites for hydroxylation is 1. The summed E-state index contributed by atoms with van der Waals surface area (Å²) in [7, 11) is 1.33. The van der Waals surface area contributed by atoms with Crippen molar-refractivity contribution in [3.63, 3.8) is 0 Å². The molecule has 0 bridgehead atoms. The molecule has 1 aromatic rings. The van der Waals surface area contributed by atoms with Gasteiger partial charge < -0.3 is 5.73 Å². The van der Waals surface area contributed by atoms with Crippen molar-refractivity contribution in [2.75, 3.05) is 0 Å². The number of hydrogen-bond donors (Lipinski definition) is 1. The van der Waals surface area contributed by atoms with Crippen molar-refractivity contribution >= 4 is 5.91 Å². The van der Waals surface area contributed by atoms with Gasteiger partial charge in [0, 0.05) is 7.05 Å². The molecule has 5 nitrogen and oxygen atoms in total. The van der Waals surface area contributed by atoms with Crippen LogP contribution < -0.4 is 5.73 Å². The van der Waals surface area contributed by atoms with E-state index in [2.05, 4.69) is 10.3 Å². The zero-order chi connectivity index (χ0) is 10.0. The Morgan fingerprint density at radius 2 is 2.31 bits per heavy atom. The van der Waals surface area contributed by atoms with Crippen molar-refractivity contribution in [2.24, 2.45) is 12.8 Å². The van der Waals surface area contributed by atoms with Crippen LogP contribution in [0.4, 0.5) is 8.78 Å². The van der Waals surface area contributed by atoms with Crippen molar-refractivity contribution in [2.45, 2.75) is 12.8 Å². The summed E-state index contributed by atoms with van der Waals surface area (Å²) in [5, 5.41) is 6.78. The Morgan fingerprint density at radius 1 is 1.69 bits per heavy atom.